The second kappa shape index (κ2) is 5.90. The van der Waals surface area contributed by atoms with E-state index in [1.165, 1.54) is 18.9 Å². The second-order valence-electron chi connectivity index (χ2n) is 5.23. The summed E-state index contributed by atoms with van der Waals surface area (Å²) in [5, 5.41) is 16.7. The summed E-state index contributed by atoms with van der Waals surface area (Å²) in [4.78, 5) is 22.8. The number of amides is 1. The molecule has 2 N–H and O–H groups in total. The molecule has 0 bridgehead atoms. The quantitative estimate of drug-likeness (QED) is 0.617. The third-order valence-corrected chi connectivity index (χ3v) is 3.74. The molecule has 1 aliphatic rings. The number of nitro benzene ring substituents is 1. The molecule has 1 aromatic rings. The highest BCUT2D eigenvalue weighted by molar-refractivity contribution is 6.00. The third-order valence-electron chi connectivity index (χ3n) is 3.74. The Bertz CT molecular complexity index is 526. The van der Waals surface area contributed by atoms with E-state index < -0.39 is 4.92 Å². The van der Waals surface area contributed by atoms with Crippen molar-refractivity contribution in [2.45, 2.75) is 19.8 Å². The van der Waals surface area contributed by atoms with Gasteiger partial charge in [0.15, 0.2) is 0 Å². The maximum Gasteiger partial charge on any atom is 0.305 e. The van der Waals surface area contributed by atoms with Crippen LogP contribution in [0.2, 0.25) is 0 Å². The zero-order valence-corrected chi connectivity index (χ0v) is 11.7. The molecule has 0 spiro atoms. The van der Waals surface area contributed by atoms with Gasteiger partial charge < -0.3 is 10.6 Å². The van der Waals surface area contributed by atoms with E-state index in [1.807, 2.05) is 0 Å². The van der Waals surface area contributed by atoms with E-state index in [-0.39, 0.29) is 17.2 Å². The van der Waals surface area contributed by atoms with Crippen molar-refractivity contribution < 1.29 is 9.72 Å². The second-order valence-corrected chi connectivity index (χ2v) is 5.23. The number of nitrogens with zero attached hydrogens (tertiary/aromatic N) is 1. The normalized spacial score (nSPS) is 15.5. The zero-order valence-electron chi connectivity index (χ0n) is 11.7. The number of para-hydroxylation sites is 1. The minimum atomic E-state index is -0.523. The molecule has 1 unspecified atom stereocenters. The van der Waals surface area contributed by atoms with E-state index in [0.717, 1.165) is 0 Å². The highest BCUT2D eigenvalue weighted by Gasteiger charge is 2.29. The number of anilines is 1. The summed E-state index contributed by atoms with van der Waals surface area (Å²) in [7, 11) is 1.60. The first-order valence-corrected chi connectivity index (χ1v) is 6.78. The van der Waals surface area contributed by atoms with Gasteiger partial charge in [0, 0.05) is 13.6 Å². The Morgan fingerprint density at radius 1 is 1.50 bits per heavy atom. The van der Waals surface area contributed by atoms with Gasteiger partial charge in [0.25, 0.3) is 5.91 Å². The summed E-state index contributed by atoms with van der Waals surface area (Å²) in [6, 6.07) is 4.70. The molecule has 0 heterocycles. The SMILES string of the molecule is CNc1cccc(C(=O)NCC(C)C2CC2)c1[N+](=O)[O-]. The molecule has 2 rings (SSSR count). The van der Waals surface area contributed by atoms with E-state index in [9.17, 15) is 14.9 Å². The van der Waals surface area contributed by atoms with Crippen molar-refractivity contribution in [3.63, 3.8) is 0 Å². The van der Waals surface area contributed by atoms with Crippen molar-refractivity contribution in [3.8, 4) is 0 Å². The van der Waals surface area contributed by atoms with E-state index in [2.05, 4.69) is 17.6 Å². The lowest BCUT2D eigenvalue weighted by molar-refractivity contribution is -0.384. The Kier molecular flexibility index (Phi) is 4.22. The van der Waals surface area contributed by atoms with Gasteiger partial charge in [-0.3, -0.25) is 14.9 Å². The van der Waals surface area contributed by atoms with E-state index in [4.69, 9.17) is 0 Å². The first-order valence-electron chi connectivity index (χ1n) is 6.78. The molecule has 0 aliphatic heterocycles. The van der Waals surface area contributed by atoms with Gasteiger partial charge in [-0.15, -0.1) is 0 Å². The molecule has 1 fully saturated rings. The predicted molar refractivity (Wildman–Crippen MR) is 76.9 cm³/mol. The molecule has 1 aliphatic carbocycles. The van der Waals surface area contributed by atoms with Crippen molar-refractivity contribution in [2.24, 2.45) is 11.8 Å². The van der Waals surface area contributed by atoms with E-state index >= 15 is 0 Å². The van der Waals surface area contributed by atoms with Crippen LogP contribution in [0.15, 0.2) is 18.2 Å². The predicted octanol–water partition coefficient (Wildman–Crippen LogP) is 2.41. The molecule has 1 atom stereocenters. The zero-order chi connectivity index (χ0) is 14.7. The van der Waals surface area contributed by atoms with Crippen LogP contribution in [-0.4, -0.2) is 24.4 Å². The molecule has 6 heteroatoms. The van der Waals surface area contributed by atoms with Crippen LogP contribution in [0, 0.1) is 22.0 Å². The lowest BCUT2D eigenvalue weighted by Gasteiger charge is -2.12. The number of hydrogen-bond donors (Lipinski definition) is 2. The molecular weight excluding hydrogens is 258 g/mol. The number of hydrogen-bond acceptors (Lipinski definition) is 4. The number of nitrogens with one attached hydrogen (secondary N) is 2. The monoisotopic (exact) mass is 277 g/mol. The van der Waals surface area contributed by atoms with Crippen molar-refractivity contribution in [1.29, 1.82) is 0 Å². The smallest absolute Gasteiger partial charge is 0.305 e. The lowest BCUT2D eigenvalue weighted by atomic mass is 10.1. The topological polar surface area (TPSA) is 84.3 Å². The molecule has 0 saturated heterocycles. The van der Waals surface area contributed by atoms with Crippen LogP contribution in [0.3, 0.4) is 0 Å². The molecule has 108 valence electrons. The highest BCUT2D eigenvalue weighted by Crippen LogP contribution is 2.36. The van der Waals surface area contributed by atoms with Gasteiger partial charge in [0.05, 0.1) is 4.92 Å². The fourth-order valence-corrected chi connectivity index (χ4v) is 2.31. The molecule has 20 heavy (non-hydrogen) atoms. The Morgan fingerprint density at radius 2 is 2.20 bits per heavy atom. The number of rotatable bonds is 6. The molecule has 1 saturated carbocycles. The van der Waals surface area contributed by atoms with Gasteiger partial charge in [-0.1, -0.05) is 13.0 Å². The van der Waals surface area contributed by atoms with Gasteiger partial charge >= 0.3 is 5.69 Å². The molecule has 1 amide bonds. The van der Waals surface area contributed by atoms with E-state index in [0.29, 0.717) is 24.1 Å². The molecule has 1 aromatic carbocycles. The van der Waals surface area contributed by atoms with Crippen LogP contribution in [0.25, 0.3) is 0 Å². The summed E-state index contributed by atoms with van der Waals surface area (Å²) >= 11 is 0. The highest BCUT2D eigenvalue weighted by atomic mass is 16.6. The van der Waals surface area contributed by atoms with Crippen LogP contribution in [0.5, 0.6) is 0 Å². The van der Waals surface area contributed by atoms with Crippen LogP contribution in [0.1, 0.15) is 30.1 Å². The first-order chi connectivity index (χ1) is 9.54. The molecule has 6 nitrogen and oxygen atoms in total. The number of carbonyl (C=O) groups is 1. The molecule has 0 radical (unpaired) electrons. The van der Waals surface area contributed by atoms with Gasteiger partial charge in [-0.2, -0.15) is 0 Å². The van der Waals surface area contributed by atoms with Crippen LogP contribution < -0.4 is 10.6 Å². The first kappa shape index (κ1) is 14.3. The van der Waals surface area contributed by atoms with Crippen molar-refractivity contribution in [1.82, 2.24) is 5.32 Å². The van der Waals surface area contributed by atoms with Gasteiger partial charge in [-0.25, -0.2) is 0 Å². The maximum atomic E-state index is 12.1. The lowest BCUT2D eigenvalue weighted by Crippen LogP contribution is -2.29. The fourth-order valence-electron chi connectivity index (χ4n) is 2.31. The van der Waals surface area contributed by atoms with Crippen molar-refractivity contribution >= 4 is 17.3 Å². The average molecular weight is 277 g/mol. The third kappa shape index (κ3) is 3.07. The van der Waals surface area contributed by atoms with Gasteiger partial charge in [0.2, 0.25) is 0 Å². The van der Waals surface area contributed by atoms with Gasteiger partial charge in [0.1, 0.15) is 11.3 Å². The van der Waals surface area contributed by atoms with E-state index in [1.54, 1.807) is 19.2 Å². The number of nitro groups is 1. The number of carbonyl (C=O) groups excluding carboxylic acids is 1. The fraction of sp³-hybridized carbons (Fsp3) is 0.500. The Labute approximate surface area is 117 Å². The average Bonchev–Trinajstić information content (AvgIpc) is 3.27. The summed E-state index contributed by atoms with van der Waals surface area (Å²) in [5.74, 6) is 0.723. The Morgan fingerprint density at radius 3 is 2.75 bits per heavy atom. The van der Waals surface area contributed by atoms with Crippen LogP contribution >= 0.6 is 0 Å². The summed E-state index contributed by atoms with van der Waals surface area (Å²) in [6.45, 7) is 2.65. The molecule has 0 aromatic heterocycles. The Balaban J connectivity index is 2.13. The summed E-state index contributed by atoms with van der Waals surface area (Å²) < 4.78 is 0. The van der Waals surface area contributed by atoms with Gasteiger partial charge in [-0.05, 0) is 36.8 Å². The van der Waals surface area contributed by atoms with Crippen molar-refractivity contribution in [2.75, 3.05) is 18.9 Å². The van der Waals surface area contributed by atoms with Crippen molar-refractivity contribution in [3.05, 3.63) is 33.9 Å². The number of benzene rings is 1. The summed E-state index contributed by atoms with van der Waals surface area (Å²) in [6.07, 6.45) is 2.43. The largest absolute Gasteiger partial charge is 0.383 e. The van der Waals surface area contributed by atoms with Crippen LogP contribution in [0.4, 0.5) is 11.4 Å². The van der Waals surface area contributed by atoms with Crippen LogP contribution in [-0.2, 0) is 0 Å². The maximum absolute atomic E-state index is 12.1. The summed E-state index contributed by atoms with van der Waals surface area (Å²) in [5.41, 5.74) is 0.273. The minimum Gasteiger partial charge on any atom is -0.383 e. The minimum absolute atomic E-state index is 0.102. The molecular formula is C14H19N3O3. The standard InChI is InChI=1S/C14H19N3O3/c1-9(10-6-7-10)8-16-14(18)11-4-3-5-12(15-2)13(11)17(19)20/h3-5,9-10,15H,6-8H2,1-2H3,(H,16,18). The Hall–Kier alpha value is -2.11.